The van der Waals surface area contributed by atoms with Crippen molar-refractivity contribution in [2.24, 2.45) is 5.73 Å². The second-order valence-electron chi connectivity index (χ2n) is 4.43. The van der Waals surface area contributed by atoms with Crippen molar-refractivity contribution >= 4 is 5.97 Å². The average molecular weight is 221 g/mol. The highest BCUT2D eigenvalue weighted by molar-refractivity contribution is 5.67. The van der Waals surface area contributed by atoms with Crippen molar-refractivity contribution in [3.63, 3.8) is 0 Å². The predicted octanol–water partition coefficient (Wildman–Crippen LogP) is 1.96. The van der Waals surface area contributed by atoms with Crippen LogP contribution in [0, 0.1) is 20.8 Å². The standard InChI is InChI=1S/C13H19NO2/c1-8-4-10(3)11(5-9(8)2)6-12(14)7-13(15)16/h4-5,12H,6-7,14H2,1-3H3,(H,15,16). The Hall–Kier alpha value is -1.35. The summed E-state index contributed by atoms with van der Waals surface area (Å²) in [5.74, 6) is -0.839. The minimum absolute atomic E-state index is 0.0202. The molecule has 0 saturated heterocycles. The van der Waals surface area contributed by atoms with Crippen LogP contribution in [0.15, 0.2) is 12.1 Å². The zero-order valence-corrected chi connectivity index (χ0v) is 10.1. The number of rotatable bonds is 4. The van der Waals surface area contributed by atoms with Gasteiger partial charge in [-0.25, -0.2) is 0 Å². The van der Waals surface area contributed by atoms with Gasteiger partial charge in [-0.2, -0.15) is 0 Å². The molecule has 3 nitrogen and oxygen atoms in total. The molecular formula is C13H19NO2. The van der Waals surface area contributed by atoms with Crippen molar-refractivity contribution < 1.29 is 9.90 Å². The van der Waals surface area contributed by atoms with Gasteiger partial charge in [0.25, 0.3) is 0 Å². The maximum Gasteiger partial charge on any atom is 0.304 e. The number of benzene rings is 1. The van der Waals surface area contributed by atoms with E-state index in [0.717, 1.165) is 5.56 Å². The molecule has 3 N–H and O–H groups in total. The number of carboxylic acid groups (broad SMARTS) is 1. The smallest absolute Gasteiger partial charge is 0.304 e. The summed E-state index contributed by atoms with van der Waals surface area (Å²) in [5.41, 5.74) is 10.6. The van der Waals surface area contributed by atoms with Crippen LogP contribution in [0.5, 0.6) is 0 Å². The SMILES string of the molecule is Cc1cc(C)c(CC(N)CC(=O)O)cc1C. The fraction of sp³-hybridized carbons (Fsp3) is 0.462. The number of hydrogen-bond acceptors (Lipinski definition) is 2. The zero-order chi connectivity index (χ0) is 12.3. The van der Waals surface area contributed by atoms with Crippen molar-refractivity contribution in [1.82, 2.24) is 0 Å². The summed E-state index contributed by atoms with van der Waals surface area (Å²) in [6.07, 6.45) is 0.644. The topological polar surface area (TPSA) is 63.3 Å². The molecule has 0 spiro atoms. The predicted molar refractivity (Wildman–Crippen MR) is 64.6 cm³/mol. The molecule has 0 aromatic heterocycles. The third-order valence-corrected chi connectivity index (χ3v) is 2.87. The molecule has 0 amide bonds. The number of hydrogen-bond donors (Lipinski definition) is 2. The second-order valence-corrected chi connectivity index (χ2v) is 4.43. The third-order valence-electron chi connectivity index (χ3n) is 2.87. The Morgan fingerprint density at radius 2 is 1.81 bits per heavy atom. The lowest BCUT2D eigenvalue weighted by atomic mass is 9.95. The minimum atomic E-state index is -0.839. The Kier molecular flexibility index (Phi) is 4.07. The van der Waals surface area contributed by atoms with Gasteiger partial charge >= 0.3 is 5.97 Å². The van der Waals surface area contributed by atoms with Gasteiger partial charge in [0, 0.05) is 6.04 Å². The van der Waals surface area contributed by atoms with E-state index in [1.165, 1.54) is 16.7 Å². The lowest BCUT2D eigenvalue weighted by Crippen LogP contribution is -2.26. The molecule has 1 aromatic carbocycles. The zero-order valence-electron chi connectivity index (χ0n) is 10.1. The fourth-order valence-electron chi connectivity index (χ4n) is 1.82. The van der Waals surface area contributed by atoms with E-state index in [2.05, 4.69) is 26.0 Å². The van der Waals surface area contributed by atoms with Gasteiger partial charge in [-0.3, -0.25) is 4.79 Å². The molecule has 1 rings (SSSR count). The Morgan fingerprint density at radius 3 is 2.38 bits per heavy atom. The minimum Gasteiger partial charge on any atom is -0.481 e. The molecule has 16 heavy (non-hydrogen) atoms. The van der Waals surface area contributed by atoms with Crippen molar-refractivity contribution in [3.05, 3.63) is 34.4 Å². The van der Waals surface area contributed by atoms with Crippen LogP contribution in [-0.4, -0.2) is 17.1 Å². The van der Waals surface area contributed by atoms with E-state index in [1.807, 2.05) is 6.92 Å². The van der Waals surface area contributed by atoms with Crippen LogP contribution in [-0.2, 0) is 11.2 Å². The first-order valence-electron chi connectivity index (χ1n) is 5.44. The van der Waals surface area contributed by atoms with Gasteiger partial charge in [0.05, 0.1) is 6.42 Å². The van der Waals surface area contributed by atoms with Gasteiger partial charge in [-0.05, 0) is 49.4 Å². The molecule has 0 radical (unpaired) electrons. The van der Waals surface area contributed by atoms with Crippen LogP contribution in [0.1, 0.15) is 28.7 Å². The summed E-state index contributed by atoms with van der Waals surface area (Å²) in [6, 6.07) is 3.92. The fourth-order valence-corrected chi connectivity index (χ4v) is 1.82. The first-order valence-corrected chi connectivity index (χ1v) is 5.44. The van der Waals surface area contributed by atoms with Crippen LogP contribution in [0.3, 0.4) is 0 Å². The van der Waals surface area contributed by atoms with Gasteiger partial charge < -0.3 is 10.8 Å². The molecule has 0 bridgehead atoms. The van der Waals surface area contributed by atoms with Gasteiger partial charge in [0.2, 0.25) is 0 Å². The highest BCUT2D eigenvalue weighted by Gasteiger charge is 2.11. The van der Waals surface area contributed by atoms with E-state index in [-0.39, 0.29) is 12.5 Å². The molecule has 1 unspecified atom stereocenters. The molecule has 0 aliphatic heterocycles. The number of carboxylic acids is 1. The first kappa shape index (κ1) is 12.7. The number of aliphatic carboxylic acids is 1. The first-order chi connectivity index (χ1) is 7.40. The number of aryl methyl sites for hydroxylation is 3. The molecule has 0 aliphatic carbocycles. The van der Waals surface area contributed by atoms with Crippen molar-refractivity contribution in [2.45, 2.75) is 39.7 Å². The molecule has 1 atom stereocenters. The van der Waals surface area contributed by atoms with Crippen LogP contribution < -0.4 is 5.73 Å². The Bertz CT molecular complexity index is 399. The van der Waals surface area contributed by atoms with E-state index in [1.54, 1.807) is 0 Å². The Balaban J connectivity index is 2.81. The molecule has 88 valence electrons. The van der Waals surface area contributed by atoms with E-state index >= 15 is 0 Å². The van der Waals surface area contributed by atoms with E-state index in [0.29, 0.717) is 6.42 Å². The molecule has 0 aliphatic rings. The van der Waals surface area contributed by atoms with E-state index in [4.69, 9.17) is 10.8 Å². The largest absolute Gasteiger partial charge is 0.481 e. The summed E-state index contributed by atoms with van der Waals surface area (Å²) in [4.78, 5) is 10.5. The van der Waals surface area contributed by atoms with Crippen molar-refractivity contribution in [3.8, 4) is 0 Å². The van der Waals surface area contributed by atoms with Gasteiger partial charge in [-0.1, -0.05) is 12.1 Å². The lowest BCUT2D eigenvalue weighted by molar-refractivity contribution is -0.137. The molecule has 0 heterocycles. The van der Waals surface area contributed by atoms with Crippen LogP contribution in [0.4, 0.5) is 0 Å². The van der Waals surface area contributed by atoms with Gasteiger partial charge in [0.1, 0.15) is 0 Å². The molecule has 3 heteroatoms. The van der Waals surface area contributed by atoms with Crippen LogP contribution in [0.25, 0.3) is 0 Å². The van der Waals surface area contributed by atoms with Crippen LogP contribution >= 0.6 is 0 Å². The lowest BCUT2D eigenvalue weighted by Gasteiger charge is -2.13. The highest BCUT2D eigenvalue weighted by Crippen LogP contribution is 2.17. The summed E-state index contributed by atoms with van der Waals surface area (Å²) in [5, 5.41) is 8.65. The van der Waals surface area contributed by atoms with Gasteiger partial charge in [-0.15, -0.1) is 0 Å². The molecule has 0 saturated carbocycles. The summed E-state index contributed by atoms with van der Waals surface area (Å²) >= 11 is 0. The quantitative estimate of drug-likeness (QED) is 0.817. The Morgan fingerprint density at radius 1 is 1.25 bits per heavy atom. The maximum atomic E-state index is 10.5. The number of carbonyl (C=O) groups is 1. The summed E-state index contributed by atoms with van der Waals surface area (Å²) < 4.78 is 0. The van der Waals surface area contributed by atoms with Gasteiger partial charge in [0.15, 0.2) is 0 Å². The van der Waals surface area contributed by atoms with Crippen molar-refractivity contribution in [2.75, 3.05) is 0 Å². The van der Waals surface area contributed by atoms with Crippen LogP contribution in [0.2, 0.25) is 0 Å². The summed E-state index contributed by atoms with van der Waals surface area (Å²) in [7, 11) is 0. The third kappa shape index (κ3) is 3.35. The average Bonchev–Trinajstić information content (AvgIpc) is 2.12. The molecule has 0 fully saturated rings. The monoisotopic (exact) mass is 221 g/mol. The Labute approximate surface area is 96.3 Å². The number of nitrogens with two attached hydrogens (primary N) is 1. The molecule has 1 aromatic rings. The highest BCUT2D eigenvalue weighted by atomic mass is 16.4. The van der Waals surface area contributed by atoms with E-state index in [9.17, 15) is 4.79 Å². The maximum absolute atomic E-state index is 10.5. The second kappa shape index (κ2) is 5.12. The van der Waals surface area contributed by atoms with E-state index < -0.39 is 5.97 Å². The normalized spacial score (nSPS) is 12.5. The van der Waals surface area contributed by atoms with Crippen molar-refractivity contribution in [1.29, 1.82) is 0 Å². The molecular weight excluding hydrogens is 202 g/mol. The summed E-state index contributed by atoms with van der Waals surface area (Å²) in [6.45, 7) is 6.17.